The second-order valence-electron chi connectivity index (χ2n) is 3.91. The van der Waals surface area contributed by atoms with Crippen LogP contribution in [-0.4, -0.2) is 5.49 Å². The molecule has 0 saturated carbocycles. The Morgan fingerprint density at radius 1 is 0.842 bits per heavy atom. The average molecular weight is 281 g/mol. The Hall–Kier alpha value is -1.88. The zero-order valence-electron chi connectivity index (χ0n) is 9.74. The maximum absolute atomic E-state index is 12.4. The van der Waals surface area contributed by atoms with Crippen LogP contribution in [0.2, 0.25) is 0 Å². The molecule has 19 heavy (non-hydrogen) atoms. The van der Waals surface area contributed by atoms with E-state index >= 15 is 0 Å². The molecule has 0 saturated heterocycles. The molecule has 0 spiro atoms. The van der Waals surface area contributed by atoms with Gasteiger partial charge in [0.2, 0.25) is 0 Å². The van der Waals surface area contributed by atoms with E-state index in [-0.39, 0.29) is 0 Å². The van der Waals surface area contributed by atoms with Crippen molar-refractivity contribution in [2.45, 2.75) is 6.18 Å². The minimum atomic E-state index is -4.30. The van der Waals surface area contributed by atoms with Crippen LogP contribution in [-0.2, 0) is 6.18 Å². The van der Waals surface area contributed by atoms with Crippen LogP contribution in [0, 0.1) is 0 Å². The van der Waals surface area contributed by atoms with Crippen molar-refractivity contribution < 1.29 is 13.2 Å². The highest BCUT2D eigenvalue weighted by Gasteiger charge is 2.29. The summed E-state index contributed by atoms with van der Waals surface area (Å²) in [5.41, 5.74) is 3.18. The van der Waals surface area contributed by atoms with E-state index in [0.29, 0.717) is 0 Å². The molecule has 0 aliphatic heterocycles. The van der Waals surface area contributed by atoms with E-state index < -0.39 is 11.7 Å². The first-order valence-electron chi connectivity index (χ1n) is 5.48. The third-order valence-corrected chi connectivity index (χ3v) is 2.77. The first kappa shape index (κ1) is 13.5. The Bertz CT molecular complexity index is 559. The number of hydrogen-bond donors (Lipinski definition) is 1. The van der Waals surface area contributed by atoms with Crippen LogP contribution in [0.5, 0.6) is 0 Å². The lowest BCUT2D eigenvalue weighted by molar-refractivity contribution is -0.137. The van der Waals surface area contributed by atoms with Crippen molar-refractivity contribution in [2.75, 3.05) is 5.32 Å². The molecular weight excluding hydrogens is 271 g/mol. The molecule has 0 radical (unpaired) electrons. The number of thiocarbonyl (C=S) groups is 1. The smallest absolute Gasteiger partial charge is 0.353 e. The third kappa shape index (κ3) is 3.32. The van der Waals surface area contributed by atoms with Crippen LogP contribution in [0.1, 0.15) is 5.56 Å². The average Bonchev–Trinajstić information content (AvgIpc) is 2.39. The van der Waals surface area contributed by atoms with E-state index in [0.717, 1.165) is 28.9 Å². The summed E-state index contributed by atoms with van der Waals surface area (Å²) in [5.74, 6) is 0. The van der Waals surface area contributed by atoms with Crippen molar-refractivity contribution in [3.63, 3.8) is 0 Å². The quantitative estimate of drug-likeness (QED) is 0.815. The lowest BCUT2D eigenvalue weighted by Crippen LogP contribution is -2.03. The molecule has 2 aromatic carbocycles. The highest BCUT2D eigenvalue weighted by Crippen LogP contribution is 2.31. The highest BCUT2D eigenvalue weighted by atomic mass is 32.1. The van der Waals surface area contributed by atoms with Gasteiger partial charge >= 0.3 is 6.18 Å². The summed E-state index contributed by atoms with van der Waals surface area (Å²) < 4.78 is 37.3. The fraction of sp³-hybridized carbons (Fsp3) is 0.0714. The molecule has 98 valence electrons. The summed E-state index contributed by atoms with van der Waals surface area (Å²) in [6.07, 6.45) is -4.30. The molecule has 2 aromatic rings. The number of benzene rings is 2. The Morgan fingerprint density at radius 3 is 1.74 bits per heavy atom. The van der Waals surface area contributed by atoms with Gasteiger partial charge < -0.3 is 5.32 Å². The molecule has 1 nitrogen and oxygen atoms in total. The van der Waals surface area contributed by atoms with Crippen LogP contribution >= 0.6 is 12.2 Å². The topological polar surface area (TPSA) is 12.0 Å². The molecule has 0 unspecified atom stereocenters. The Balaban J connectivity index is 2.24. The molecule has 1 N–H and O–H groups in total. The lowest BCUT2D eigenvalue weighted by Gasteiger charge is -2.08. The van der Waals surface area contributed by atoms with Gasteiger partial charge in [-0.25, -0.2) is 0 Å². The highest BCUT2D eigenvalue weighted by molar-refractivity contribution is 7.79. The fourth-order valence-electron chi connectivity index (χ4n) is 1.68. The SMILES string of the molecule is FC(F)(F)c1ccc(-c2ccc(NC=S)cc2)cc1. The molecule has 0 heterocycles. The summed E-state index contributed by atoms with van der Waals surface area (Å²) in [4.78, 5) is 0. The maximum atomic E-state index is 12.4. The van der Waals surface area contributed by atoms with Gasteiger partial charge in [0.25, 0.3) is 0 Å². The van der Waals surface area contributed by atoms with E-state index in [9.17, 15) is 13.2 Å². The predicted octanol–water partition coefficient (Wildman–Crippen LogP) is 4.74. The Morgan fingerprint density at radius 2 is 1.32 bits per heavy atom. The van der Waals surface area contributed by atoms with E-state index in [2.05, 4.69) is 17.5 Å². The Kier molecular flexibility index (Phi) is 3.85. The largest absolute Gasteiger partial charge is 0.416 e. The molecule has 0 amide bonds. The van der Waals surface area contributed by atoms with Gasteiger partial charge in [-0.15, -0.1) is 0 Å². The van der Waals surface area contributed by atoms with Gasteiger partial charge in [0.15, 0.2) is 0 Å². The van der Waals surface area contributed by atoms with Gasteiger partial charge in [-0.2, -0.15) is 13.2 Å². The Labute approximate surface area is 114 Å². The molecule has 0 aliphatic rings. The molecule has 0 fully saturated rings. The summed E-state index contributed by atoms with van der Waals surface area (Å²) in [5, 5.41) is 2.86. The molecule has 5 heteroatoms. The van der Waals surface area contributed by atoms with Crippen LogP contribution in [0.3, 0.4) is 0 Å². The van der Waals surface area contributed by atoms with E-state index in [1.807, 2.05) is 24.3 Å². The maximum Gasteiger partial charge on any atom is 0.416 e. The first-order chi connectivity index (χ1) is 9.00. The number of alkyl halides is 3. The monoisotopic (exact) mass is 281 g/mol. The van der Waals surface area contributed by atoms with Gasteiger partial charge in [-0.05, 0) is 35.4 Å². The molecule has 0 aromatic heterocycles. The van der Waals surface area contributed by atoms with Crippen molar-refractivity contribution >= 4 is 23.4 Å². The van der Waals surface area contributed by atoms with Crippen molar-refractivity contribution in [3.8, 4) is 11.1 Å². The number of anilines is 1. The zero-order valence-corrected chi connectivity index (χ0v) is 10.6. The molecule has 0 bridgehead atoms. The van der Waals surface area contributed by atoms with Crippen LogP contribution in [0.25, 0.3) is 11.1 Å². The summed E-state index contributed by atoms with van der Waals surface area (Å²) in [7, 11) is 0. The van der Waals surface area contributed by atoms with Crippen molar-refractivity contribution in [1.29, 1.82) is 0 Å². The molecular formula is C14H10F3NS. The number of rotatable bonds is 3. The summed E-state index contributed by atoms with van der Waals surface area (Å²) in [6, 6.07) is 12.4. The van der Waals surface area contributed by atoms with Gasteiger partial charge in [-0.3, -0.25) is 0 Å². The van der Waals surface area contributed by atoms with Crippen molar-refractivity contribution in [1.82, 2.24) is 0 Å². The minimum absolute atomic E-state index is 0.643. The number of hydrogen-bond acceptors (Lipinski definition) is 1. The fourth-order valence-corrected chi connectivity index (χ4v) is 1.81. The standard InChI is InChI=1S/C14H10F3NS/c15-14(16,17)12-5-1-10(2-6-12)11-3-7-13(8-4-11)18-9-19/h1-9H,(H,18,19). The molecule has 2 rings (SSSR count). The van der Waals surface area contributed by atoms with E-state index in [1.54, 1.807) is 0 Å². The van der Waals surface area contributed by atoms with Gasteiger partial charge in [0.1, 0.15) is 0 Å². The van der Waals surface area contributed by atoms with E-state index in [1.165, 1.54) is 17.6 Å². The van der Waals surface area contributed by atoms with Gasteiger partial charge in [0.05, 0.1) is 11.1 Å². The van der Waals surface area contributed by atoms with Crippen LogP contribution in [0.15, 0.2) is 48.5 Å². The zero-order chi connectivity index (χ0) is 13.9. The van der Waals surface area contributed by atoms with E-state index in [4.69, 9.17) is 0 Å². The summed E-state index contributed by atoms with van der Waals surface area (Å²) >= 11 is 4.67. The second kappa shape index (κ2) is 5.40. The lowest BCUT2D eigenvalue weighted by atomic mass is 10.0. The van der Waals surface area contributed by atoms with Gasteiger partial charge in [-0.1, -0.05) is 36.5 Å². The van der Waals surface area contributed by atoms with Gasteiger partial charge in [0, 0.05) is 5.69 Å². The number of nitrogens with one attached hydrogen (secondary N) is 1. The van der Waals surface area contributed by atoms with Crippen LogP contribution < -0.4 is 5.32 Å². The van der Waals surface area contributed by atoms with Crippen molar-refractivity contribution in [2.24, 2.45) is 0 Å². The van der Waals surface area contributed by atoms with Crippen LogP contribution in [0.4, 0.5) is 18.9 Å². The second-order valence-corrected chi connectivity index (χ2v) is 4.15. The predicted molar refractivity (Wildman–Crippen MR) is 74.2 cm³/mol. The summed E-state index contributed by atoms with van der Waals surface area (Å²) in [6.45, 7) is 0. The minimum Gasteiger partial charge on any atom is -0.353 e. The first-order valence-corrected chi connectivity index (χ1v) is 5.96. The third-order valence-electron chi connectivity index (χ3n) is 2.66. The number of halogens is 3. The molecule has 0 atom stereocenters. The normalized spacial score (nSPS) is 11.1. The van der Waals surface area contributed by atoms with Crippen molar-refractivity contribution in [3.05, 3.63) is 54.1 Å². The molecule has 0 aliphatic carbocycles.